The lowest BCUT2D eigenvalue weighted by molar-refractivity contribution is -0.140. The van der Waals surface area contributed by atoms with Gasteiger partial charge in [-0.3, -0.25) is 19.3 Å². The smallest absolute Gasteiger partial charge is 0.267 e. The number of nitrogens with two attached hydrogens (primary N) is 1. The molecular formula is C14H15N5O5S2. The van der Waals surface area contributed by atoms with Crippen molar-refractivity contribution in [1.29, 1.82) is 0 Å². The lowest BCUT2D eigenvalue weighted by atomic mass is 9.85. The quantitative estimate of drug-likeness (QED) is 0.379. The number of rotatable bonds is 5. The number of carbonyl (C=O) groups excluding carboxylic acids is 3. The molecule has 4 atom stereocenters. The van der Waals surface area contributed by atoms with Gasteiger partial charge >= 0.3 is 0 Å². The zero-order valence-electron chi connectivity index (χ0n) is 13.4. The lowest BCUT2D eigenvalue weighted by Gasteiger charge is -2.16. The molecule has 3 N–H and O–H groups in total. The third kappa shape index (κ3) is 2.73. The van der Waals surface area contributed by atoms with Gasteiger partial charge < -0.3 is 5.32 Å². The number of primary sulfonamides is 1. The molecule has 26 heavy (non-hydrogen) atoms. The summed E-state index contributed by atoms with van der Waals surface area (Å²) in [7, 11) is -3.98. The van der Waals surface area contributed by atoms with Gasteiger partial charge in [-0.05, 0) is 18.3 Å². The van der Waals surface area contributed by atoms with E-state index in [0.717, 1.165) is 11.3 Å². The van der Waals surface area contributed by atoms with Crippen molar-refractivity contribution in [2.45, 2.75) is 17.2 Å². The molecular weight excluding hydrogens is 382 g/mol. The van der Waals surface area contributed by atoms with Crippen molar-refractivity contribution in [3.8, 4) is 0 Å². The Balaban J connectivity index is 1.36. The van der Waals surface area contributed by atoms with Crippen molar-refractivity contribution < 1.29 is 22.8 Å². The first-order valence-corrected chi connectivity index (χ1v) is 10.3. The summed E-state index contributed by atoms with van der Waals surface area (Å²) in [5.41, 5.74) is 0. The van der Waals surface area contributed by atoms with Crippen molar-refractivity contribution in [2.24, 2.45) is 28.8 Å². The molecule has 2 fully saturated rings. The third-order valence-electron chi connectivity index (χ3n) is 5.02. The third-order valence-corrected chi connectivity index (χ3v) is 7.17. The number of nitrogens with one attached hydrogen (secondary N) is 1. The van der Waals surface area contributed by atoms with Crippen LogP contribution in [-0.2, 0) is 24.4 Å². The molecule has 1 aliphatic heterocycles. The van der Waals surface area contributed by atoms with E-state index in [0.29, 0.717) is 11.3 Å². The van der Waals surface area contributed by atoms with Crippen LogP contribution in [0, 0.1) is 23.7 Å². The highest BCUT2D eigenvalue weighted by atomic mass is 32.2. The zero-order valence-corrected chi connectivity index (χ0v) is 15.0. The van der Waals surface area contributed by atoms with Gasteiger partial charge in [0.1, 0.15) is 0 Å². The molecule has 2 bridgehead atoms. The standard InChI is InChI=1S/C14H15N5O5S2/c15-26(23,24)14-18-17-13(25-14)16-8(20)3-4-19-11(21)9-6-1-2-7(5-6)10(9)12(19)22/h1-2,6-7,9-10H,3-5H2,(H2,15,23,24)(H,16,17,20)/t6?,7?,9-,10+. The van der Waals surface area contributed by atoms with E-state index in [2.05, 4.69) is 15.5 Å². The van der Waals surface area contributed by atoms with E-state index in [1.54, 1.807) is 0 Å². The van der Waals surface area contributed by atoms with Gasteiger partial charge in [0, 0.05) is 13.0 Å². The number of allylic oxidation sites excluding steroid dienone is 2. The molecule has 3 amide bonds. The van der Waals surface area contributed by atoms with E-state index in [-0.39, 0.29) is 53.6 Å². The van der Waals surface area contributed by atoms with Gasteiger partial charge in [-0.15, -0.1) is 10.2 Å². The van der Waals surface area contributed by atoms with Crippen LogP contribution in [0.15, 0.2) is 16.5 Å². The predicted molar refractivity (Wildman–Crippen MR) is 89.0 cm³/mol. The molecule has 1 aromatic heterocycles. The van der Waals surface area contributed by atoms with Crippen molar-refractivity contribution >= 4 is 44.2 Å². The highest BCUT2D eigenvalue weighted by Crippen LogP contribution is 2.52. The van der Waals surface area contributed by atoms with E-state index in [9.17, 15) is 22.8 Å². The number of fused-ring (bicyclic) bond motifs is 5. The maximum absolute atomic E-state index is 12.5. The van der Waals surface area contributed by atoms with Crippen LogP contribution in [0.4, 0.5) is 5.13 Å². The van der Waals surface area contributed by atoms with Crippen LogP contribution in [0.2, 0.25) is 0 Å². The second-order valence-electron chi connectivity index (χ2n) is 6.54. The summed E-state index contributed by atoms with van der Waals surface area (Å²) in [5.74, 6) is -1.26. The van der Waals surface area contributed by atoms with Crippen molar-refractivity contribution in [2.75, 3.05) is 11.9 Å². The molecule has 1 saturated carbocycles. The van der Waals surface area contributed by atoms with E-state index in [1.807, 2.05) is 12.2 Å². The van der Waals surface area contributed by atoms with Gasteiger partial charge in [0.25, 0.3) is 10.0 Å². The van der Waals surface area contributed by atoms with Crippen LogP contribution in [0.3, 0.4) is 0 Å². The molecule has 138 valence electrons. The fourth-order valence-electron chi connectivity index (χ4n) is 3.95. The normalized spacial score (nSPS) is 29.5. The molecule has 2 unspecified atom stereocenters. The maximum Gasteiger partial charge on any atom is 0.267 e. The summed E-state index contributed by atoms with van der Waals surface area (Å²) in [6.45, 7) is -0.0171. The zero-order chi connectivity index (χ0) is 18.6. The van der Waals surface area contributed by atoms with Crippen LogP contribution in [0.5, 0.6) is 0 Å². The molecule has 12 heteroatoms. The summed E-state index contributed by atoms with van der Waals surface area (Å²) in [6, 6.07) is 0. The Morgan fingerprint density at radius 1 is 1.23 bits per heavy atom. The number of hydrogen-bond donors (Lipinski definition) is 2. The molecule has 10 nitrogen and oxygen atoms in total. The summed E-state index contributed by atoms with van der Waals surface area (Å²) < 4.78 is 21.9. The molecule has 0 radical (unpaired) electrons. The van der Waals surface area contributed by atoms with Crippen LogP contribution < -0.4 is 10.5 Å². The predicted octanol–water partition coefficient (Wildman–Crippen LogP) is -0.679. The Morgan fingerprint density at radius 3 is 2.38 bits per heavy atom. The number of anilines is 1. The number of nitrogens with zero attached hydrogens (tertiary/aromatic N) is 3. The first-order chi connectivity index (χ1) is 12.3. The minimum Gasteiger partial charge on any atom is -0.300 e. The Bertz CT molecular complexity index is 909. The van der Waals surface area contributed by atoms with Crippen molar-refractivity contribution in [3.63, 3.8) is 0 Å². The number of hydrogen-bond acceptors (Lipinski definition) is 8. The summed E-state index contributed by atoms with van der Waals surface area (Å²) in [5, 5.41) is 14.2. The SMILES string of the molecule is NS(=O)(=O)c1nnc(NC(=O)CCN2C(=O)[C@@H]3C4C=CC(C4)[C@@H]3C2=O)s1. The van der Waals surface area contributed by atoms with Crippen molar-refractivity contribution in [1.82, 2.24) is 15.1 Å². The van der Waals surface area contributed by atoms with E-state index >= 15 is 0 Å². The molecule has 0 spiro atoms. The fraction of sp³-hybridized carbons (Fsp3) is 0.500. The monoisotopic (exact) mass is 397 g/mol. The molecule has 3 aliphatic rings. The van der Waals surface area contributed by atoms with Crippen LogP contribution in [0.25, 0.3) is 0 Å². The number of likely N-dealkylation sites (tertiary alicyclic amines) is 1. The summed E-state index contributed by atoms with van der Waals surface area (Å²) >= 11 is 0.627. The van der Waals surface area contributed by atoms with Crippen LogP contribution >= 0.6 is 11.3 Å². The Hall–Kier alpha value is -2.18. The number of carbonyl (C=O) groups is 3. The average Bonchev–Trinajstić information content (AvgIpc) is 3.30. The largest absolute Gasteiger partial charge is 0.300 e. The molecule has 0 aromatic carbocycles. The topological polar surface area (TPSA) is 152 Å². The minimum atomic E-state index is -3.98. The van der Waals surface area contributed by atoms with Gasteiger partial charge in [-0.2, -0.15) is 0 Å². The fourth-order valence-corrected chi connectivity index (χ4v) is 5.30. The molecule has 1 aromatic rings. The first-order valence-electron chi connectivity index (χ1n) is 7.95. The first kappa shape index (κ1) is 17.2. The van der Waals surface area contributed by atoms with Crippen molar-refractivity contribution in [3.05, 3.63) is 12.2 Å². The summed E-state index contributed by atoms with van der Waals surface area (Å²) in [6.07, 6.45) is 4.76. The van der Waals surface area contributed by atoms with Crippen LogP contribution in [-0.4, -0.2) is 47.8 Å². The Kier molecular flexibility index (Phi) is 3.93. The second-order valence-corrected chi connectivity index (χ2v) is 9.26. The summed E-state index contributed by atoms with van der Waals surface area (Å²) in [4.78, 5) is 38.2. The number of sulfonamides is 1. The highest BCUT2D eigenvalue weighted by Gasteiger charge is 2.59. The van der Waals surface area contributed by atoms with E-state index in [4.69, 9.17) is 5.14 Å². The lowest BCUT2D eigenvalue weighted by Crippen LogP contribution is -2.35. The molecule has 1 saturated heterocycles. The van der Waals surface area contributed by atoms with Gasteiger partial charge in [0.05, 0.1) is 11.8 Å². The molecule has 2 heterocycles. The van der Waals surface area contributed by atoms with Gasteiger partial charge in [-0.1, -0.05) is 23.5 Å². The van der Waals surface area contributed by atoms with E-state index in [1.165, 1.54) is 0 Å². The number of imide groups is 1. The number of amides is 3. The Morgan fingerprint density at radius 2 is 1.85 bits per heavy atom. The van der Waals surface area contributed by atoms with Gasteiger partial charge in [0.15, 0.2) is 0 Å². The maximum atomic E-state index is 12.5. The minimum absolute atomic E-state index is 0.0165. The second kappa shape index (κ2) is 5.93. The van der Waals surface area contributed by atoms with Gasteiger partial charge in [0.2, 0.25) is 27.2 Å². The molecule has 2 aliphatic carbocycles. The average molecular weight is 397 g/mol. The number of aromatic nitrogens is 2. The highest BCUT2D eigenvalue weighted by molar-refractivity contribution is 7.91. The molecule has 4 rings (SSSR count). The van der Waals surface area contributed by atoms with E-state index < -0.39 is 20.3 Å². The van der Waals surface area contributed by atoms with Crippen LogP contribution in [0.1, 0.15) is 12.8 Å². The Labute approximate surface area is 152 Å². The van der Waals surface area contributed by atoms with Gasteiger partial charge in [-0.25, -0.2) is 13.6 Å².